The first-order valence-corrected chi connectivity index (χ1v) is 5.89. The van der Waals surface area contributed by atoms with Gasteiger partial charge in [0.2, 0.25) is 0 Å². The molecule has 0 saturated heterocycles. The van der Waals surface area contributed by atoms with Gasteiger partial charge in [-0.3, -0.25) is 0 Å². The molecule has 0 rings (SSSR count). The van der Waals surface area contributed by atoms with Crippen LogP contribution in [-0.2, 0) is 0 Å². The van der Waals surface area contributed by atoms with Gasteiger partial charge in [0.15, 0.2) is 0 Å². The largest absolute Gasteiger partial charge is 0.0864 e. The van der Waals surface area contributed by atoms with Gasteiger partial charge in [-0.1, -0.05) is 62.1 Å². The third kappa shape index (κ3) is 6.84. The minimum absolute atomic E-state index is 0.953. The fraction of sp³-hybridized carbons (Fsp3) is 1.00. The third-order valence-electron chi connectivity index (χ3n) is 2.03. The molecule has 0 nitrogen and oxygen atoms in total. The highest BCUT2D eigenvalue weighted by Crippen LogP contribution is 2.12. The maximum Gasteiger partial charge on any atom is -0.000473 e. The molecule has 10 heavy (non-hydrogen) atoms. The Bertz CT molecular complexity index is 61.7. The van der Waals surface area contributed by atoms with Crippen molar-refractivity contribution >= 4 is 22.6 Å². The lowest BCUT2D eigenvalue weighted by Gasteiger charge is -2.06. The van der Waals surface area contributed by atoms with Gasteiger partial charge >= 0.3 is 0 Å². The van der Waals surface area contributed by atoms with Crippen LogP contribution in [0, 0.1) is 5.92 Å². The zero-order valence-electron chi connectivity index (χ0n) is 7.20. The standard InChI is InChI=1S/C9H19I/c1-3-9(2)7-5-4-6-8-10/h9H,3-8H2,1-2H3. The third-order valence-corrected chi connectivity index (χ3v) is 2.79. The van der Waals surface area contributed by atoms with Crippen LogP contribution in [0.4, 0.5) is 0 Å². The van der Waals surface area contributed by atoms with E-state index in [-0.39, 0.29) is 0 Å². The molecule has 0 spiro atoms. The van der Waals surface area contributed by atoms with Gasteiger partial charge in [0.05, 0.1) is 0 Å². The minimum Gasteiger partial charge on any atom is -0.0864 e. The Morgan fingerprint density at radius 2 is 1.90 bits per heavy atom. The van der Waals surface area contributed by atoms with E-state index < -0.39 is 0 Å². The van der Waals surface area contributed by atoms with Crippen LogP contribution in [0.15, 0.2) is 0 Å². The molecule has 0 saturated carbocycles. The van der Waals surface area contributed by atoms with Crippen molar-refractivity contribution in [2.75, 3.05) is 4.43 Å². The number of halogens is 1. The van der Waals surface area contributed by atoms with E-state index in [9.17, 15) is 0 Å². The summed E-state index contributed by atoms with van der Waals surface area (Å²) in [6, 6.07) is 0. The van der Waals surface area contributed by atoms with Gasteiger partial charge in [-0.05, 0) is 16.8 Å². The smallest absolute Gasteiger partial charge is 0.000473 e. The molecule has 62 valence electrons. The van der Waals surface area contributed by atoms with Crippen molar-refractivity contribution in [2.45, 2.75) is 46.0 Å². The van der Waals surface area contributed by atoms with Crippen LogP contribution in [0.3, 0.4) is 0 Å². The van der Waals surface area contributed by atoms with E-state index in [1.54, 1.807) is 0 Å². The van der Waals surface area contributed by atoms with Crippen LogP contribution in [0.1, 0.15) is 46.0 Å². The summed E-state index contributed by atoms with van der Waals surface area (Å²) >= 11 is 2.45. The normalized spacial score (nSPS) is 13.5. The number of alkyl halides is 1. The first kappa shape index (κ1) is 10.7. The Hall–Kier alpha value is 0.730. The minimum atomic E-state index is 0.953. The van der Waals surface area contributed by atoms with Gasteiger partial charge < -0.3 is 0 Å². The molecule has 0 amide bonds. The van der Waals surface area contributed by atoms with Gasteiger partial charge in [-0.25, -0.2) is 0 Å². The van der Waals surface area contributed by atoms with Crippen molar-refractivity contribution in [3.8, 4) is 0 Å². The Labute approximate surface area is 78.9 Å². The summed E-state index contributed by atoms with van der Waals surface area (Å²) in [4.78, 5) is 0. The van der Waals surface area contributed by atoms with Gasteiger partial charge in [0.1, 0.15) is 0 Å². The molecule has 0 aromatic rings. The molecule has 0 aliphatic rings. The van der Waals surface area contributed by atoms with Crippen LogP contribution in [-0.4, -0.2) is 4.43 Å². The van der Waals surface area contributed by atoms with E-state index in [2.05, 4.69) is 36.4 Å². The average Bonchev–Trinajstić information content (AvgIpc) is 1.98. The summed E-state index contributed by atoms with van der Waals surface area (Å²) in [7, 11) is 0. The molecule has 0 fully saturated rings. The summed E-state index contributed by atoms with van der Waals surface area (Å²) in [6.45, 7) is 4.63. The molecular formula is C9H19I. The molecule has 1 unspecified atom stereocenters. The number of hydrogen-bond acceptors (Lipinski definition) is 0. The van der Waals surface area contributed by atoms with Crippen molar-refractivity contribution in [2.24, 2.45) is 5.92 Å². The predicted octanol–water partition coefficient (Wildman–Crippen LogP) is 4.03. The molecule has 0 bridgehead atoms. The maximum absolute atomic E-state index is 2.45. The van der Waals surface area contributed by atoms with Crippen LogP contribution >= 0.6 is 22.6 Å². The van der Waals surface area contributed by atoms with Crippen molar-refractivity contribution in [1.82, 2.24) is 0 Å². The molecule has 1 atom stereocenters. The van der Waals surface area contributed by atoms with Crippen molar-refractivity contribution in [3.63, 3.8) is 0 Å². The number of rotatable bonds is 6. The summed E-state index contributed by atoms with van der Waals surface area (Å²) in [5.74, 6) is 0.953. The molecule has 0 aromatic heterocycles. The molecular weight excluding hydrogens is 235 g/mol. The van der Waals surface area contributed by atoms with Crippen LogP contribution in [0.25, 0.3) is 0 Å². The molecule has 0 aromatic carbocycles. The number of unbranched alkanes of at least 4 members (excludes halogenated alkanes) is 2. The van der Waals surface area contributed by atoms with E-state index in [0.29, 0.717) is 0 Å². The lowest BCUT2D eigenvalue weighted by Crippen LogP contribution is -1.91. The van der Waals surface area contributed by atoms with Gasteiger partial charge in [0, 0.05) is 0 Å². The first-order valence-electron chi connectivity index (χ1n) is 4.37. The monoisotopic (exact) mass is 254 g/mol. The molecule has 0 aliphatic carbocycles. The van der Waals surface area contributed by atoms with E-state index in [1.165, 1.54) is 36.5 Å². The Balaban J connectivity index is 2.89. The molecule has 0 aliphatic heterocycles. The Morgan fingerprint density at radius 3 is 2.40 bits per heavy atom. The van der Waals surface area contributed by atoms with Crippen LogP contribution in [0.5, 0.6) is 0 Å². The Morgan fingerprint density at radius 1 is 1.20 bits per heavy atom. The quantitative estimate of drug-likeness (QED) is 0.381. The zero-order valence-corrected chi connectivity index (χ0v) is 9.36. The summed E-state index contributed by atoms with van der Waals surface area (Å²) in [6.07, 6.45) is 7.08. The maximum atomic E-state index is 2.45. The first-order chi connectivity index (χ1) is 4.81. The fourth-order valence-corrected chi connectivity index (χ4v) is 1.51. The zero-order chi connectivity index (χ0) is 7.82. The van der Waals surface area contributed by atoms with Gasteiger partial charge in [-0.2, -0.15) is 0 Å². The highest BCUT2D eigenvalue weighted by Gasteiger charge is 1.96. The molecule has 0 N–H and O–H groups in total. The van der Waals surface area contributed by atoms with E-state index in [1.807, 2.05) is 0 Å². The van der Waals surface area contributed by atoms with Crippen LogP contribution in [0.2, 0.25) is 0 Å². The van der Waals surface area contributed by atoms with Crippen molar-refractivity contribution in [1.29, 1.82) is 0 Å². The summed E-state index contributed by atoms with van der Waals surface area (Å²) < 4.78 is 1.33. The molecule has 0 heterocycles. The second kappa shape index (κ2) is 7.83. The van der Waals surface area contributed by atoms with Gasteiger partial charge in [-0.15, -0.1) is 0 Å². The van der Waals surface area contributed by atoms with E-state index in [4.69, 9.17) is 0 Å². The van der Waals surface area contributed by atoms with Gasteiger partial charge in [0.25, 0.3) is 0 Å². The van der Waals surface area contributed by atoms with Crippen molar-refractivity contribution in [3.05, 3.63) is 0 Å². The lowest BCUT2D eigenvalue weighted by atomic mass is 10.0. The SMILES string of the molecule is CCC(C)CCCCCI. The van der Waals surface area contributed by atoms with E-state index >= 15 is 0 Å². The summed E-state index contributed by atoms with van der Waals surface area (Å²) in [5.41, 5.74) is 0. The fourth-order valence-electron chi connectivity index (χ4n) is 0.968. The topological polar surface area (TPSA) is 0 Å². The second-order valence-electron chi connectivity index (χ2n) is 3.05. The highest BCUT2D eigenvalue weighted by molar-refractivity contribution is 14.1. The second-order valence-corrected chi connectivity index (χ2v) is 4.13. The summed E-state index contributed by atoms with van der Waals surface area (Å²) in [5, 5.41) is 0. The highest BCUT2D eigenvalue weighted by atomic mass is 127. The van der Waals surface area contributed by atoms with E-state index in [0.717, 1.165) is 5.92 Å². The Kier molecular flexibility index (Phi) is 8.40. The molecule has 0 radical (unpaired) electrons. The number of hydrogen-bond donors (Lipinski definition) is 0. The van der Waals surface area contributed by atoms with Crippen LogP contribution < -0.4 is 0 Å². The molecule has 1 heteroatoms. The predicted molar refractivity (Wildman–Crippen MR) is 56.8 cm³/mol. The lowest BCUT2D eigenvalue weighted by molar-refractivity contribution is 0.483. The van der Waals surface area contributed by atoms with Crippen molar-refractivity contribution < 1.29 is 0 Å². The average molecular weight is 254 g/mol.